The number of rotatable bonds is 7. The topological polar surface area (TPSA) is 106 Å². The summed E-state index contributed by atoms with van der Waals surface area (Å²) in [7, 11) is 0.615. The van der Waals surface area contributed by atoms with E-state index in [2.05, 4.69) is 41.3 Å². The molecular formula is C25H31N5O5S. The number of carbonyl (C=O) groups is 1. The van der Waals surface area contributed by atoms with Crippen LogP contribution in [0.4, 0.5) is 11.4 Å². The molecule has 0 radical (unpaired) electrons. The zero-order chi connectivity index (χ0) is 26.0. The molecule has 36 heavy (non-hydrogen) atoms. The number of sulfonamides is 1. The van der Waals surface area contributed by atoms with E-state index in [0.717, 1.165) is 5.69 Å². The van der Waals surface area contributed by atoms with Crippen molar-refractivity contribution in [3.63, 3.8) is 0 Å². The van der Waals surface area contributed by atoms with Crippen molar-refractivity contribution >= 4 is 27.3 Å². The minimum atomic E-state index is -3.99. The molecular weight excluding hydrogens is 482 g/mol. The predicted molar refractivity (Wildman–Crippen MR) is 138 cm³/mol. The van der Waals surface area contributed by atoms with E-state index in [4.69, 9.17) is 9.47 Å². The van der Waals surface area contributed by atoms with Crippen molar-refractivity contribution < 1.29 is 22.7 Å². The summed E-state index contributed by atoms with van der Waals surface area (Å²) in [5.74, 6) is 0.374. The maximum Gasteiger partial charge on any atom is 0.263 e. The fourth-order valence-electron chi connectivity index (χ4n) is 4.30. The lowest BCUT2D eigenvalue weighted by Gasteiger charge is -2.36. The minimum absolute atomic E-state index is 0.0238. The van der Waals surface area contributed by atoms with Gasteiger partial charge in [-0.1, -0.05) is 12.1 Å². The van der Waals surface area contributed by atoms with Crippen molar-refractivity contribution in [2.45, 2.75) is 18.9 Å². The highest BCUT2D eigenvalue weighted by Gasteiger charge is 2.35. The molecule has 1 fully saturated rings. The number of aromatic nitrogens is 2. The Hall–Kier alpha value is -3.57. The first-order valence-corrected chi connectivity index (χ1v) is 13.0. The number of hydrogen-bond donors (Lipinski definition) is 1. The van der Waals surface area contributed by atoms with Crippen LogP contribution >= 0.6 is 0 Å². The average Bonchev–Trinajstić information content (AvgIpc) is 3.28. The normalized spacial score (nSPS) is 14.5. The fourth-order valence-corrected chi connectivity index (χ4v) is 5.84. The number of carbonyl (C=O) groups excluding carboxylic acids is 1. The summed E-state index contributed by atoms with van der Waals surface area (Å²) in [6.45, 7) is 5.82. The highest BCUT2D eigenvalue weighted by atomic mass is 32.2. The summed E-state index contributed by atoms with van der Waals surface area (Å²) in [4.78, 5) is 15.3. The smallest absolute Gasteiger partial charge is 0.263 e. The highest BCUT2D eigenvalue weighted by molar-refractivity contribution is 7.89. The lowest BCUT2D eigenvalue weighted by molar-refractivity contribution is 0.102. The summed E-state index contributed by atoms with van der Waals surface area (Å²) >= 11 is 0. The van der Waals surface area contributed by atoms with Gasteiger partial charge in [0.25, 0.3) is 15.9 Å². The van der Waals surface area contributed by atoms with E-state index in [1.54, 1.807) is 25.2 Å². The number of hydrogen-bond acceptors (Lipinski definition) is 7. The van der Waals surface area contributed by atoms with E-state index >= 15 is 0 Å². The van der Waals surface area contributed by atoms with Gasteiger partial charge < -0.3 is 19.7 Å². The maximum absolute atomic E-state index is 13.5. The number of nitrogens with one attached hydrogen (secondary N) is 1. The van der Waals surface area contributed by atoms with E-state index in [1.165, 1.54) is 40.5 Å². The highest BCUT2D eigenvalue weighted by Crippen LogP contribution is 2.31. The van der Waals surface area contributed by atoms with Gasteiger partial charge in [-0.25, -0.2) is 8.42 Å². The van der Waals surface area contributed by atoms with Crippen molar-refractivity contribution in [2.75, 3.05) is 50.6 Å². The Balaban J connectivity index is 1.53. The SMILES string of the molecule is COc1ccc(NC(=O)c2cn(C)nc2S(=O)(=O)N2CCN(c3cccc(C)c3C)CC2)cc1OC. The summed E-state index contributed by atoms with van der Waals surface area (Å²) in [6.07, 6.45) is 1.41. The third-order valence-corrected chi connectivity index (χ3v) is 8.26. The molecule has 0 atom stereocenters. The number of amides is 1. The Kier molecular flexibility index (Phi) is 7.23. The molecule has 0 aliphatic carbocycles. The van der Waals surface area contributed by atoms with Gasteiger partial charge >= 0.3 is 0 Å². The number of aryl methyl sites for hydroxylation is 2. The molecule has 1 aliphatic heterocycles. The number of nitrogens with zero attached hydrogens (tertiary/aromatic N) is 4. The van der Waals surface area contributed by atoms with Gasteiger partial charge in [-0.2, -0.15) is 9.40 Å². The number of ether oxygens (including phenoxy) is 2. The number of piperazine rings is 1. The molecule has 0 spiro atoms. The van der Waals surface area contributed by atoms with Crippen LogP contribution in [0.1, 0.15) is 21.5 Å². The van der Waals surface area contributed by atoms with E-state index in [9.17, 15) is 13.2 Å². The molecule has 1 amide bonds. The maximum atomic E-state index is 13.5. The Labute approximate surface area is 211 Å². The first kappa shape index (κ1) is 25.5. The molecule has 2 heterocycles. The van der Waals surface area contributed by atoms with Crippen molar-refractivity contribution in [3.05, 3.63) is 59.3 Å². The zero-order valence-corrected chi connectivity index (χ0v) is 21.9. The second-order valence-electron chi connectivity index (χ2n) is 8.66. The summed E-state index contributed by atoms with van der Waals surface area (Å²) < 4.78 is 40.3. The number of benzene rings is 2. The van der Waals surface area contributed by atoms with Crippen molar-refractivity contribution in [2.24, 2.45) is 7.05 Å². The van der Waals surface area contributed by atoms with Crippen LogP contribution in [0, 0.1) is 13.8 Å². The molecule has 1 N–H and O–H groups in total. The zero-order valence-electron chi connectivity index (χ0n) is 21.1. The molecule has 1 aliphatic rings. The monoisotopic (exact) mass is 513 g/mol. The second kappa shape index (κ2) is 10.2. The van der Waals surface area contributed by atoms with E-state index in [0.29, 0.717) is 43.4 Å². The second-order valence-corrected chi connectivity index (χ2v) is 10.5. The summed E-state index contributed by atoms with van der Waals surface area (Å²) in [6, 6.07) is 11.0. The van der Waals surface area contributed by atoms with E-state index in [-0.39, 0.29) is 10.6 Å². The van der Waals surface area contributed by atoms with Gasteiger partial charge in [0.2, 0.25) is 5.03 Å². The molecule has 4 rings (SSSR count). The average molecular weight is 514 g/mol. The van der Waals surface area contributed by atoms with Gasteiger partial charge in [-0.15, -0.1) is 0 Å². The van der Waals surface area contributed by atoms with Crippen LogP contribution in [-0.2, 0) is 17.1 Å². The first-order chi connectivity index (χ1) is 17.1. The molecule has 2 aromatic carbocycles. The van der Waals surface area contributed by atoms with Crippen LogP contribution in [0.25, 0.3) is 0 Å². The van der Waals surface area contributed by atoms with Gasteiger partial charge in [0.15, 0.2) is 11.5 Å². The Bertz CT molecular complexity index is 1380. The molecule has 11 heteroatoms. The number of methoxy groups -OCH3 is 2. The van der Waals surface area contributed by atoms with Gasteiger partial charge in [-0.05, 0) is 43.2 Å². The molecule has 1 saturated heterocycles. The van der Waals surface area contributed by atoms with Gasteiger partial charge in [0.05, 0.1) is 19.8 Å². The molecule has 1 aromatic heterocycles. The third kappa shape index (κ3) is 4.89. The largest absolute Gasteiger partial charge is 0.493 e. The van der Waals surface area contributed by atoms with Crippen LogP contribution in [0.5, 0.6) is 11.5 Å². The lowest BCUT2D eigenvalue weighted by atomic mass is 10.1. The lowest BCUT2D eigenvalue weighted by Crippen LogP contribution is -2.49. The van der Waals surface area contributed by atoms with Crippen molar-refractivity contribution in [1.29, 1.82) is 0 Å². The molecule has 0 bridgehead atoms. The van der Waals surface area contributed by atoms with Gasteiger partial charge in [-0.3, -0.25) is 9.48 Å². The summed E-state index contributed by atoms with van der Waals surface area (Å²) in [5.41, 5.74) is 3.91. The molecule has 0 saturated carbocycles. The molecule has 192 valence electrons. The number of anilines is 2. The molecule has 10 nitrogen and oxygen atoms in total. The van der Waals surface area contributed by atoms with Crippen LogP contribution < -0.4 is 19.7 Å². The summed E-state index contributed by atoms with van der Waals surface area (Å²) in [5, 5.41) is 6.63. The quantitative estimate of drug-likeness (QED) is 0.518. The van der Waals surface area contributed by atoms with E-state index in [1.807, 2.05) is 6.07 Å². The van der Waals surface area contributed by atoms with Crippen LogP contribution in [-0.4, -0.2) is 68.8 Å². The van der Waals surface area contributed by atoms with Crippen molar-refractivity contribution in [3.8, 4) is 11.5 Å². The van der Waals surface area contributed by atoms with Crippen molar-refractivity contribution in [1.82, 2.24) is 14.1 Å². The van der Waals surface area contributed by atoms with Gasteiger partial charge in [0.1, 0.15) is 0 Å². The fraction of sp³-hybridized carbons (Fsp3) is 0.360. The first-order valence-electron chi connectivity index (χ1n) is 11.5. The third-order valence-electron chi connectivity index (χ3n) is 6.42. The van der Waals surface area contributed by atoms with Crippen LogP contribution in [0.15, 0.2) is 47.6 Å². The van der Waals surface area contributed by atoms with E-state index < -0.39 is 15.9 Å². The standard InChI is InChI=1S/C25H31N5O5S/c1-17-7-6-8-21(18(17)2)29-11-13-30(14-12-29)36(32,33)25-20(16-28(3)27-25)24(31)26-19-9-10-22(34-4)23(15-19)35-5/h6-10,15-16H,11-14H2,1-5H3,(H,26,31). The Morgan fingerprint density at radius 2 is 1.69 bits per heavy atom. The molecule has 3 aromatic rings. The minimum Gasteiger partial charge on any atom is -0.493 e. The predicted octanol–water partition coefficient (Wildman–Crippen LogP) is 2.82. The molecule has 0 unspecified atom stereocenters. The Morgan fingerprint density at radius 1 is 1.00 bits per heavy atom. The van der Waals surface area contributed by atoms with Crippen LogP contribution in [0.2, 0.25) is 0 Å². The van der Waals surface area contributed by atoms with Gasteiger partial charge in [0, 0.05) is 56.9 Å². The van der Waals surface area contributed by atoms with Crippen LogP contribution in [0.3, 0.4) is 0 Å². The Morgan fingerprint density at radius 3 is 2.36 bits per heavy atom.